The van der Waals surface area contributed by atoms with Crippen molar-refractivity contribution >= 4 is 23.3 Å². The first-order valence-corrected chi connectivity index (χ1v) is 4.17. The number of ether oxygens (including phenoxy) is 1. The van der Waals surface area contributed by atoms with Crippen LogP contribution in [0, 0.1) is 0 Å². The molecule has 1 aromatic carbocycles. The molecular weight excluding hydrogens is 251 g/mol. The molecule has 0 aromatic heterocycles. The summed E-state index contributed by atoms with van der Waals surface area (Å²) in [6.07, 6.45) is -4.92. The fraction of sp³-hybridized carbons (Fsp3) is 0.125. The third-order valence-electron chi connectivity index (χ3n) is 1.60. The number of alkyl halides is 3. The van der Waals surface area contributed by atoms with Crippen LogP contribution in [-0.4, -0.2) is 17.4 Å². The summed E-state index contributed by atoms with van der Waals surface area (Å²) in [7, 11) is 0. The van der Waals surface area contributed by atoms with Crippen LogP contribution in [0.3, 0.4) is 0 Å². The predicted molar refractivity (Wildman–Crippen MR) is 49.5 cm³/mol. The molecule has 0 atom stereocenters. The zero-order chi connectivity index (χ0) is 12.5. The van der Waals surface area contributed by atoms with E-state index in [2.05, 4.69) is 4.74 Å². The molecule has 88 valence electrons. The zero-order valence-electron chi connectivity index (χ0n) is 7.51. The Balaban J connectivity index is 3.17. The van der Waals surface area contributed by atoms with Crippen LogP contribution in [0.4, 0.5) is 18.9 Å². The van der Waals surface area contributed by atoms with Gasteiger partial charge in [0.25, 0.3) is 0 Å². The molecule has 0 aliphatic carbocycles. The standard InChI is InChI=1S/C8H5ClF3NO3/c9-5-4(16-8(10,11)12)2-1-3(6(5)13)7(14)15/h1-2H,13H2,(H,14,15). The summed E-state index contributed by atoms with van der Waals surface area (Å²) >= 11 is 5.44. The molecular formula is C8H5ClF3NO3. The van der Waals surface area contributed by atoms with Crippen LogP contribution in [0.15, 0.2) is 12.1 Å². The number of carboxylic acids is 1. The van der Waals surface area contributed by atoms with E-state index in [4.69, 9.17) is 22.4 Å². The van der Waals surface area contributed by atoms with Crippen LogP contribution in [0.25, 0.3) is 0 Å². The van der Waals surface area contributed by atoms with Crippen molar-refractivity contribution in [2.75, 3.05) is 5.73 Å². The highest BCUT2D eigenvalue weighted by Gasteiger charge is 2.32. The van der Waals surface area contributed by atoms with Gasteiger partial charge in [0.2, 0.25) is 0 Å². The Morgan fingerprint density at radius 3 is 2.44 bits per heavy atom. The number of carboxylic acid groups (broad SMARTS) is 1. The van der Waals surface area contributed by atoms with Gasteiger partial charge in [-0.05, 0) is 12.1 Å². The molecule has 0 radical (unpaired) electrons. The number of aromatic carboxylic acids is 1. The first-order chi connectivity index (χ1) is 7.22. The Hall–Kier alpha value is -1.63. The Bertz CT molecular complexity index is 433. The second-order valence-corrected chi connectivity index (χ2v) is 3.07. The number of benzene rings is 1. The van der Waals surface area contributed by atoms with Crippen molar-refractivity contribution < 1.29 is 27.8 Å². The summed E-state index contributed by atoms with van der Waals surface area (Å²) in [6.45, 7) is 0. The number of hydrogen-bond acceptors (Lipinski definition) is 3. The van der Waals surface area contributed by atoms with E-state index in [0.717, 1.165) is 12.1 Å². The molecule has 8 heteroatoms. The van der Waals surface area contributed by atoms with Gasteiger partial charge < -0.3 is 15.6 Å². The van der Waals surface area contributed by atoms with Crippen molar-refractivity contribution in [2.24, 2.45) is 0 Å². The Morgan fingerprint density at radius 1 is 1.44 bits per heavy atom. The van der Waals surface area contributed by atoms with Crippen LogP contribution in [0.5, 0.6) is 5.75 Å². The lowest BCUT2D eigenvalue weighted by molar-refractivity contribution is -0.274. The smallest absolute Gasteiger partial charge is 0.478 e. The maximum absolute atomic E-state index is 11.9. The van der Waals surface area contributed by atoms with Gasteiger partial charge in [-0.3, -0.25) is 0 Å². The minimum Gasteiger partial charge on any atom is -0.478 e. The highest BCUT2D eigenvalue weighted by Crippen LogP contribution is 2.35. The Morgan fingerprint density at radius 2 is 2.00 bits per heavy atom. The van der Waals surface area contributed by atoms with Crippen LogP contribution in [0.2, 0.25) is 5.02 Å². The Kier molecular flexibility index (Phi) is 3.18. The monoisotopic (exact) mass is 255 g/mol. The quantitative estimate of drug-likeness (QED) is 0.797. The molecule has 0 spiro atoms. The summed E-state index contributed by atoms with van der Waals surface area (Å²) < 4.78 is 39.2. The summed E-state index contributed by atoms with van der Waals surface area (Å²) in [6, 6.07) is 1.67. The Labute approximate surface area is 92.4 Å². The first-order valence-electron chi connectivity index (χ1n) is 3.79. The van der Waals surface area contributed by atoms with E-state index in [9.17, 15) is 18.0 Å². The third-order valence-corrected chi connectivity index (χ3v) is 1.99. The highest BCUT2D eigenvalue weighted by atomic mass is 35.5. The number of carbonyl (C=O) groups is 1. The number of nitrogens with two attached hydrogens (primary N) is 1. The largest absolute Gasteiger partial charge is 0.573 e. The van der Waals surface area contributed by atoms with E-state index in [-0.39, 0.29) is 5.56 Å². The van der Waals surface area contributed by atoms with E-state index in [1.165, 1.54) is 0 Å². The van der Waals surface area contributed by atoms with Crippen LogP contribution in [-0.2, 0) is 0 Å². The summed E-state index contributed by atoms with van der Waals surface area (Å²) in [5, 5.41) is 8.03. The molecule has 4 nitrogen and oxygen atoms in total. The molecule has 1 rings (SSSR count). The van der Waals surface area contributed by atoms with E-state index < -0.39 is 28.8 Å². The van der Waals surface area contributed by atoms with Gasteiger partial charge in [-0.25, -0.2) is 4.79 Å². The molecule has 16 heavy (non-hydrogen) atoms. The van der Waals surface area contributed by atoms with Crippen molar-refractivity contribution in [1.29, 1.82) is 0 Å². The molecule has 0 bridgehead atoms. The normalized spacial score (nSPS) is 11.2. The maximum Gasteiger partial charge on any atom is 0.573 e. The number of anilines is 1. The summed E-state index contributed by atoms with van der Waals surface area (Å²) in [5.41, 5.74) is 4.38. The van der Waals surface area contributed by atoms with Gasteiger partial charge in [-0.2, -0.15) is 0 Å². The highest BCUT2D eigenvalue weighted by molar-refractivity contribution is 6.35. The number of halogens is 4. The molecule has 3 N–H and O–H groups in total. The van der Waals surface area contributed by atoms with Crippen molar-refractivity contribution in [3.63, 3.8) is 0 Å². The second kappa shape index (κ2) is 4.09. The minimum absolute atomic E-state index is 0.389. The molecule has 1 aromatic rings. The van der Waals surface area contributed by atoms with E-state index in [0.29, 0.717) is 0 Å². The van der Waals surface area contributed by atoms with Gasteiger partial charge in [0.1, 0.15) is 10.8 Å². The lowest BCUT2D eigenvalue weighted by Gasteiger charge is -2.12. The number of nitrogen functional groups attached to an aromatic ring is 1. The molecule has 0 aliphatic heterocycles. The number of hydrogen-bond donors (Lipinski definition) is 2. The molecule has 0 fully saturated rings. The van der Waals surface area contributed by atoms with Crippen molar-refractivity contribution in [1.82, 2.24) is 0 Å². The number of rotatable bonds is 2. The van der Waals surface area contributed by atoms with Gasteiger partial charge in [0, 0.05) is 0 Å². The summed E-state index contributed by atoms with van der Waals surface area (Å²) in [5.74, 6) is -2.13. The average molecular weight is 256 g/mol. The minimum atomic E-state index is -4.92. The van der Waals surface area contributed by atoms with Crippen molar-refractivity contribution in [3.05, 3.63) is 22.7 Å². The van der Waals surface area contributed by atoms with Gasteiger partial charge in [-0.1, -0.05) is 11.6 Å². The van der Waals surface area contributed by atoms with Crippen LogP contribution in [0.1, 0.15) is 10.4 Å². The molecule has 0 aliphatic rings. The first kappa shape index (κ1) is 12.4. The fourth-order valence-electron chi connectivity index (χ4n) is 0.963. The van der Waals surface area contributed by atoms with Gasteiger partial charge in [-0.15, -0.1) is 13.2 Å². The average Bonchev–Trinajstić information content (AvgIpc) is 2.10. The van der Waals surface area contributed by atoms with Gasteiger partial charge in [0.05, 0.1) is 11.3 Å². The summed E-state index contributed by atoms with van der Waals surface area (Å²) in [4.78, 5) is 10.6. The third kappa shape index (κ3) is 2.69. The van der Waals surface area contributed by atoms with E-state index >= 15 is 0 Å². The molecule has 0 unspecified atom stereocenters. The second-order valence-electron chi connectivity index (χ2n) is 2.69. The molecule has 0 heterocycles. The van der Waals surface area contributed by atoms with E-state index in [1.54, 1.807) is 0 Å². The van der Waals surface area contributed by atoms with Gasteiger partial charge >= 0.3 is 12.3 Å². The molecule has 0 amide bonds. The fourth-order valence-corrected chi connectivity index (χ4v) is 1.17. The van der Waals surface area contributed by atoms with E-state index in [1.807, 2.05) is 0 Å². The molecule has 0 saturated heterocycles. The van der Waals surface area contributed by atoms with Crippen LogP contribution >= 0.6 is 11.6 Å². The van der Waals surface area contributed by atoms with Gasteiger partial charge in [0.15, 0.2) is 0 Å². The molecule has 0 saturated carbocycles. The lowest BCUT2D eigenvalue weighted by atomic mass is 10.2. The predicted octanol–water partition coefficient (Wildman–Crippen LogP) is 2.52. The van der Waals surface area contributed by atoms with Crippen LogP contribution < -0.4 is 10.5 Å². The maximum atomic E-state index is 11.9. The van der Waals surface area contributed by atoms with Crippen molar-refractivity contribution in [2.45, 2.75) is 6.36 Å². The van der Waals surface area contributed by atoms with Crippen molar-refractivity contribution in [3.8, 4) is 5.75 Å². The topological polar surface area (TPSA) is 72.6 Å². The SMILES string of the molecule is Nc1c(C(=O)O)ccc(OC(F)(F)F)c1Cl. The zero-order valence-corrected chi connectivity index (χ0v) is 8.26. The lowest BCUT2D eigenvalue weighted by Crippen LogP contribution is -2.18.